The lowest BCUT2D eigenvalue weighted by molar-refractivity contribution is -0.140. The number of carboxylic acid groups (broad SMARTS) is 1. The van der Waals surface area contributed by atoms with Crippen molar-refractivity contribution in [2.24, 2.45) is 0 Å². The summed E-state index contributed by atoms with van der Waals surface area (Å²) in [5.41, 5.74) is 2.17. The Bertz CT molecular complexity index is 802. The summed E-state index contributed by atoms with van der Waals surface area (Å²) in [6.45, 7) is 3.72. The minimum Gasteiger partial charge on any atom is -0.482 e. The molecular formula is C18H20N2O4S. The number of ether oxygens (including phenoxy) is 1. The van der Waals surface area contributed by atoms with Crippen molar-refractivity contribution in [3.63, 3.8) is 0 Å². The predicted molar refractivity (Wildman–Crippen MR) is 96.2 cm³/mol. The van der Waals surface area contributed by atoms with Gasteiger partial charge < -0.3 is 9.84 Å². The lowest BCUT2D eigenvalue weighted by atomic mass is 10.1. The van der Waals surface area contributed by atoms with Crippen molar-refractivity contribution in [2.45, 2.75) is 39.2 Å². The highest BCUT2D eigenvalue weighted by atomic mass is 32.1. The number of hydrogen-bond donors (Lipinski definition) is 1. The van der Waals surface area contributed by atoms with Gasteiger partial charge in [-0.1, -0.05) is 13.8 Å². The molecule has 132 valence electrons. The number of carbonyl (C=O) groups excluding carboxylic acids is 1. The summed E-state index contributed by atoms with van der Waals surface area (Å²) in [4.78, 5) is 29.9. The molecule has 0 saturated heterocycles. The molecule has 1 aliphatic heterocycles. The number of aromatic nitrogens is 1. The van der Waals surface area contributed by atoms with Crippen LogP contribution in [-0.4, -0.2) is 34.6 Å². The first-order chi connectivity index (χ1) is 12.0. The molecule has 0 radical (unpaired) electrons. The maximum Gasteiger partial charge on any atom is 0.326 e. The second-order valence-corrected chi connectivity index (χ2v) is 6.82. The van der Waals surface area contributed by atoms with Crippen LogP contribution in [-0.2, 0) is 16.0 Å². The molecule has 1 aliphatic rings. The highest BCUT2D eigenvalue weighted by Gasteiger charge is 2.35. The van der Waals surface area contributed by atoms with E-state index in [2.05, 4.69) is 11.9 Å². The number of hydrogen-bond acceptors (Lipinski definition) is 5. The minimum atomic E-state index is -1.02. The highest BCUT2D eigenvalue weighted by molar-refractivity contribution is 7.09. The molecule has 1 N–H and O–H groups in total. The molecular weight excluding hydrogens is 340 g/mol. The number of carbonyl (C=O) groups is 2. The van der Waals surface area contributed by atoms with Gasteiger partial charge in [0.05, 0.1) is 16.4 Å². The molecule has 1 unspecified atom stereocenters. The van der Waals surface area contributed by atoms with E-state index < -0.39 is 12.0 Å². The SMILES string of the molecule is CCCc1nc(-c2ccc3c(c2)N(C(CC)C(=O)O)C(=O)CO3)cs1. The molecule has 1 atom stereocenters. The van der Waals surface area contributed by atoms with E-state index in [1.54, 1.807) is 30.4 Å². The van der Waals surface area contributed by atoms with Crippen molar-refractivity contribution in [1.82, 2.24) is 4.98 Å². The lowest BCUT2D eigenvalue weighted by Gasteiger charge is -2.33. The second-order valence-electron chi connectivity index (χ2n) is 5.87. The monoisotopic (exact) mass is 360 g/mol. The molecule has 0 bridgehead atoms. The molecule has 1 aromatic heterocycles. The van der Waals surface area contributed by atoms with Gasteiger partial charge in [0.1, 0.15) is 11.8 Å². The van der Waals surface area contributed by atoms with E-state index in [9.17, 15) is 14.7 Å². The van der Waals surface area contributed by atoms with Gasteiger partial charge in [-0.3, -0.25) is 9.69 Å². The average Bonchev–Trinajstić information content (AvgIpc) is 3.06. The number of amides is 1. The molecule has 0 saturated carbocycles. The minimum absolute atomic E-state index is 0.145. The van der Waals surface area contributed by atoms with E-state index in [1.165, 1.54) is 4.90 Å². The van der Waals surface area contributed by atoms with Gasteiger partial charge in [0.25, 0.3) is 5.91 Å². The topological polar surface area (TPSA) is 79.7 Å². The fraction of sp³-hybridized carbons (Fsp3) is 0.389. The number of anilines is 1. The van der Waals surface area contributed by atoms with Crippen LogP contribution in [0.1, 0.15) is 31.7 Å². The van der Waals surface area contributed by atoms with Crippen LogP contribution in [0.3, 0.4) is 0 Å². The summed E-state index contributed by atoms with van der Waals surface area (Å²) in [6.07, 6.45) is 2.28. The van der Waals surface area contributed by atoms with Crippen LogP contribution in [0.5, 0.6) is 5.75 Å². The fourth-order valence-corrected chi connectivity index (χ4v) is 3.82. The first kappa shape index (κ1) is 17.4. The largest absolute Gasteiger partial charge is 0.482 e. The number of aliphatic carboxylic acids is 1. The van der Waals surface area contributed by atoms with Crippen LogP contribution in [0, 0.1) is 0 Å². The molecule has 2 aromatic rings. The maximum absolute atomic E-state index is 12.3. The molecule has 3 rings (SSSR count). The molecule has 0 aliphatic carbocycles. The number of fused-ring (bicyclic) bond motifs is 1. The van der Waals surface area contributed by atoms with Gasteiger partial charge in [-0.15, -0.1) is 11.3 Å². The zero-order valence-corrected chi connectivity index (χ0v) is 15.0. The number of nitrogens with zero attached hydrogens (tertiary/aromatic N) is 2. The number of aryl methyl sites for hydroxylation is 1. The van der Waals surface area contributed by atoms with Crippen LogP contribution in [0.4, 0.5) is 5.69 Å². The molecule has 1 amide bonds. The van der Waals surface area contributed by atoms with Crippen LogP contribution in [0.15, 0.2) is 23.6 Å². The van der Waals surface area contributed by atoms with Crippen molar-refractivity contribution in [2.75, 3.05) is 11.5 Å². The Kier molecular flexibility index (Phi) is 5.03. The number of rotatable bonds is 6. The third-order valence-electron chi connectivity index (χ3n) is 4.13. The second kappa shape index (κ2) is 7.23. The van der Waals surface area contributed by atoms with Crippen LogP contribution in [0.2, 0.25) is 0 Å². The van der Waals surface area contributed by atoms with Gasteiger partial charge in [0.15, 0.2) is 6.61 Å². The zero-order chi connectivity index (χ0) is 18.0. The molecule has 25 heavy (non-hydrogen) atoms. The molecule has 6 nitrogen and oxygen atoms in total. The summed E-state index contributed by atoms with van der Waals surface area (Å²) in [6, 6.07) is 4.55. The van der Waals surface area contributed by atoms with Gasteiger partial charge >= 0.3 is 5.97 Å². The molecule has 0 spiro atoms. The number of thiazole rings is 1. The predicted octanol–water partition coefficient (Wildman–Crippen LogP) is 3.35. The number of benzene rings is 1. The van der Waals surface area contributed by atoms with E-state index in [0.717, 1.165) is 29.1 Å². The first-order valence-electron chi connectivity index (χ1n) is 8.31. The van der Waals surface area contributed by atoms with Gasteiger partial charge in [0.2, 0.25) is 0 Å². The van der Waals surface area contributed by atoms with Crippen LogP contribution in [0.25, 0.3) is 11.3 Å². The van der Waals surface area contributed by atoms with E-state index in [4.69, 9.17) is 4.74 Å². The van der Waals surface area contributed by atoms with E-state index in [1.807, 2.05) is 11.4 Å². The molecule has 1 aromatic carbocycles. The Morgan fingerprint density at radius 3 is 2.92 bits per heavy atom. The number of carboxylic acids is 1. The van der Waals surface area contributed by atoms with E-state index in [0.29, 0.717) is 17.9 Å². The average molecular weight is 360 g/mol. The van der Waals surface area contributed by atoms with Crippen molar-refractivity contribution >= 4 is 28.9 Å². The Labute approximate surface area is 150 Å². The Morgan fingerprint density at radius 2 is 2.24 bits per heavy atom. The smallest absolute Gasteiger partial charge is 0.326 e. The summed E-state index contributed by atoms with van der Waals surface area (Å²) in [5.74, 6) is -0.844. The highest BCUT2D eigenvalue weighted by Crippen LogP contribution is 2.37. The van der Waals surface area contributed by atoms with Crippen molar-refractivity contribution in [3.8, 4) is 17.0 Å². The first-order valence-corrected chi connectivity index (χ1v) is 9.19. The van der Waals surface area contributed by atoms with E-state index in [-0.39, 0.29) is 12.5 Å². The van der Waals surface area contributed by atoms with Crippen molar-refractivity contribution in [3.05, 3.63) is 28.6 Å². The Balaban J connectivity index is 2.02. The normalized spacial score (nSPS) is 14.8. The van der Waals surface area contributed by atoms with E-state index >= 15 is 0 Å². The molecule has 2 heterocycles. The lowest BCUT2D eigenvalue weighted by Crippen LogP contribution is -2.49. The third kappa shape index (κ3) is 3.37. The molecule has 7 heteroatoms. The van der Waals surface area contributed by atoms with Crippen molar-refractivity contribution < 1.29 is 19.4 Å². The summed E-state index contributed by atoms with van der Waals surface area (Å²) in [5, 5.41) is 12.5. The quantitative estimate of drug-likeness (QED) is 0.854. The van der Waals surface area contributed by atoms with Crippen LogP contribution < -0.4 is 9.64 Å². The Hall–Kier alpha value is -2.41. The van der Waals surface area contributed by atoms with Crippen LogP contribution >= 0.6 is 11.3 Å². The van der Waals surface area contributed by atoms with Gasteiger partial charge in [-0.25, -0.2) is 9.78 Å². The summed E-state index contributed by atoms with van der Waals surface area (Å²) >= 11 is 1.61. The summed E-state index contributed by atoms with van der Waals surface area (Å²) < 4.78 is 5.47. The standard InChI is InChI=1S/C18H20N2O4S/c1-3-5-16-19-12(10-25-16)11-6-7-15-14(8-11)20(17(21)9-24-15)13(4-2)18(22)23/h6-8,10,13H,3-5,9H2,1-2H3,(H,22,23). The van der Waals surface area contributed by atoms with Crippen molar-refractivity contribution in [1.29, 1.82) is 0 Å². The van der Waals surface area contributed by atoms with Gasteiger partial charge in [-0.05, 0) is 37.5 Å². The fourth-order valence-electron chi connectivity index (χ4n) is 2.91. The summed E-state index contributed by atoms with van der Waals surface area (Å²) in [7, 11) is 0. The Morgan fingerprint density at radius 1 is 1.44 bits per heavy atom. The van der Waals surface area contributed by atoms with Gasteiger partial charge in [0, 0.05) is 10.9 Å². The van der Waals surface area contributed by atoms with Gasteiger partial charge in [-0.2, -0.15) is 0 Å². The third-order valence-corrected chi connectivity index (χ3v) is 5.04. The maximum atomic E-state index is 12.3. The zero-order valence-electron chi connectivity index (χ0n) is 14.2. The molecule has 0 fully saturated rings.